The lowest BCUT2D eigenvalue weighted by molar-refractivity contribution is 0.211. The summed E-state index contributed by atoms with van der Waals surface area (Å²) >= 11 is 0. The molecule has 7 heteroatoms. The molecule has 1 aliphatic rings. The van der Waals surface area contributed by atoms with Gasteiger partial charge in [0.15, 0.2) is 17.0 Å². The number of benzene rings is 2. The van der Waals surface area contributed by atoms with E-state index in [1.54, 1.807) is 0 Å². The molecule has 0 atom stereocenters. The molecule has 1 fully saturated rings. The van der Waals surface area contributed by atoms with Crippen molar-refractivity contribution < 1.29 is 0 Å². The summed E-state index contributed by atoms with van der Waals surface area (Å²) in [5, 5.41) is 7.05. The van der Waals surface area contributed by atoms with Crippen LogP contribution in [0.1, 0.15) is 38.3 Å². The third-order valence-corrected chi connectivity index (χ3v) is 6.18. The van der Waals surface area contributed by atoms with Gasteiger partial charge in [-0.05, 0) is 44.4 Å². The van der Waals surface area contributed by atoms with Crippen molar-refractivity contribution in [2.45, 2.75) is 45.3 Å². The normalized spacial score (nSPS) is 15.2. The Balaban J connectivity index is 1.33. The van der Waals surface area contributed by atoms with E-state index in [1.165, 1.54) is 5.56 Å². The van der Waals surface area contributed by atoms with E-state index in [0.717, 1.165) is 55.1 Å². The third kappa shape index (κ3) is 4.98. The van der Waals surface area contributed by atoms with Crippen molar-refractivity contribution in [3.05, 3.63) is 72.6 Å². The second kappa shape index (κ2) is 9.58. The fraction of sp³-hybridized carbons (Fsp3) is 0.346. The van der Waals surface area contributed by atoms with Gasteiger partial charge in [0.2, 0.25) is 5.95 Å². The quantitative estimate of drug-likeness (QED) is 0.409. The number of fused-ring (bicyclic) bond motifs is 1. The highest BCUT2D eigenvalue weighted by atomic mass is 15.2. The number of aromatic nitrogens is 4. The molecule has 5 rings (SSSR count). The molecule has 7 nitrogen and oxygen atoms in total. The van der Waals surface area contributed by atoms with Gasteiger partial charge in [-0.15, -0.1) is 0 Å². The zero-order chi connectivity index (χ0) is 22.6. The van der Waals surface area contributed by atoms with Gasteiger partial charge in [0.05, 0.1) is 6.33 Å². The van der Waals surface area contributed by atoms with Crippen molar-refractivity contribution in [3.8, 4) is 0 Å². The minimum absolute atomic E-state index is 0.267. The van der Waals surface area contributed by atoms with E-state index in [0.29, 0.717) is 12.0 Å². The lowest BCUT2D eigenvalue weighted by Gasteiger charge is -2.32. The predicted molar refractivity (Wildman–Crippen MR) is 134 cm³/mol. The molecule has 0 bridgehead atoms. The van der Waals surface area contributed by atoms with Gasteiger partial charge in [-0.2, -0.15) is 9.97 Å². The van der Waals surface area contributed by atoms with Gasteiger partial charge >= 0.3 is 0 Å². The largest absolute Gasteiger partial charge is 0.351 e. The summed E-state index contributed by atoms with van der Waals surface area (Å²) in [7, 11) is 0. The molecule has 0 amide bonds. The van der Waals surface area contributed by atoms with Crippen LogP contribution in [0.15, 0.2) is 67.0 Å². The maximum atomic E-state index is 4.86. The highest BCUT2D eigenvalue weighted by Gasteiger charge is 2.21. The molecule has 2 aromatic carbocycles. The summed E-state index contributed by atoms with van der Waals surface area (Å²) in [5.74, 6) is 1.39. The number of nitrogens with one attached hydrogen (secondary N) is 2. The molecule has 2 N–H and O–H groups in total. The second-order valence-electron chi connectivity index (χ2n) is 8.99. The Bertz CT molecular complexity index is 1180. The van der Waals surface area contributed by atoms with Crippen LogP contribution >= 0.6 is 0 Å². The maximum absolute atomic E-state index is 4.86. The van der Waals surface area contributed by atoms with Crippen LogP contribution in [0, 0.1) is 0 Å². The van der Waals surface area contributed by atoms with Gasteiger partial charge < -0.3 is 15.2 Å². The summed E-state index contributed by atoms with van der Waals surface area (Å²) in [6.07, 6.45) is 3.99. The smallest absolute Gasteiger partial charge is 0.227 e. The highest BCUT2D eigenvalue weighted by Crippen LogP contribution is 2.27. The van der Waals surface area contributed by atoms with Crippen molar-refractivity contribution in [3.63, 3.8) is 0 Å². The van der Waals surface area contributed by atoms with Crippen molar-refractivity contribution in [1.82, 2.24) is 24.4 Å². The lowest BCUT2D eigenvalue weighted by atomic mass is 10.0. The Hall–Kier alpha value is -3.45. The number of imidazole rings is 1. The van der Waals surface area contributed by atoms with Gasteiger partial charge in [0.25, 0.3) is 0 Å². The van der Waals surface area contributed by atoms with Gasteiger partial charge in [0.1, 0.15) is 0 Å². The van der Waals surface area contributed by atoms with Crippen LogP contribution in [0.3, 0.4) is 0 Å². The molecule has 2 aromatic heterocycles. The summed E-state index contributed by atoms with van der Waals surface area (Å²) in [5.41, 5.74) is 3.99. The SMILES string of the molecule is CC(C)n1cnc2c(Nc3ccccc3)nc(NC3CCN(Cc4ccccc4)CC3)nc21. The minimum Gasteiger partial charge on any atom is -0.351 e. The summed E-state index contributed by atoms with van der Waals surface area (Å²) in [6, 6.07) is 21.4. The number of piperidine rings is 1. The van der Waals surface area contributed by atoms with E-state index in [2.05, 4.69) is 69.3 Å². The fourth-order valence-corrected chi connectivity index (χ4v) is 4.36. The number of para-hydroxylation sites is 1. The van der Waals surface area contributed by atoms with E-state index in [9.17, 15) is 0 Å². The Labute approximate surface area is 194 Å². The molecule has 170 valence electrons. The Kier molecular flexibility index (Phi) is 6.21. The number of likely N-dealkylation sites (tertiary alicyclic amines) is 1. The van der Waals surface area contributed by atoms with E-state index in [1.807, 2.05) is 36.7 Å². The van der Waals surface area contributed by atoms with E-state index < -0.39 is 0 Å². The molecule has 33 heavy (non-hydrogen) atoms. The van der Waals surface area contributed by atoms with Crippen molar-refractivity contribution in [2.24, 2.45) is 0 Å². The highest BCUT2D eigenvalue weighted by molar-refractivity contribution is 5.86. The standard InChI is InChI=1S/C26H31N7/c1-19(2)33-18-27-23-24(28-21-11-7-4-8-12-21)30-26(31-25(23)33)29-22-13-15-32(16-14-22)17-20-9-5-3-6-10-20/h3-12,18-19,22H,13-17H2,1-2H3,(H2,28,29,30,31). The second-order valence-corrected chi connectivity index (χ2v) is 8.99. The lowest BCUT2D eigenvalue weighted by Crippen LogP contribution is -2.39. The van der Waals surface area contributed by atoms with Gasteiger partial charge in [-0.3, -0.25) is 4.90 Å². The Morgan fingerprint density at radius 2 is 1.64 bits per heavy atom. The predicted octanol–water partition coefficient (Wildman–Crippen LogP) is 5.23. The number of hydrogen-bond acceptors (Lipinski definition) is 6. The van der Waals surface area contributed by atoms with Gasteiger partial charge in [-0.1, -0.05) is 48.5 Å². The van der Waals surface area contributed by atoms with Crippen LogP contribution in [0.5, 0.6) is 0 Å². The van der Waals surface area contributed by atoms with E-state index in [4.69, 9.17) is 9.97 Å². The van der Waals surface area contributed by atoms with Crippen molar-refractivity contribution >= 4 is 28.6 Å². The first kappa shape index (κ1) is 21.4. The topological polar surface area (TPSA) is 70.9 Å². The van der Waals surface area contributed by atoms with E-state index >= 15 is 0 Å². The van der Waals surface area contributed by atoms with Crippen LogP contribution in [0.2, 0.25) is 0 Å². The van der Waals surface area contributed by atoms with Crippen LogP contribution < -0.4 is 10.6 Å². The summed E-state index contributed by atoms with van der Waals surface area (Å²) in [4.78, 5) is 16.8. The molecule has 0 aliphatic carbocycles. The molecular weight excluding hydrogens is 410 g/mol. The molecule has 0 spiro atoms. The third-order valence-electron chi connectivity index (χ3n) is 6.18. The number of anilines is 3. The average molecular weight is 442 g/mol. The van der Waals surface area contributed by atoms with Crippen molar-refractivity contribution in [2.75, 3.05) is 23.7 Å². The van der Waals surface area contributed by atoms with Crippen LogP contribution in [-0.2, 0) is 6.54 Å². The molecule has 0 radical (unpaired) electrons. The Morgan fingerprint density at radius 3 is 2.33 bits per heavy atom. The van der Waals surface area contributed by atoms with Gasteiger partial charge in [0, 0.05) is 37.4 Å². The molecule has 0 unspecified atom stereocenters. The van der Waals surface area contributed by atoms with Gasteiger partial charge in [-0.25, -0.2) is 4.98 Å². The molecule has 3 heterocycles. The minimum atomic E-state index is 0.267. The molecular formula is C26H31N7. The first-order valence-corrected chi connectivity index (χ1v) is 11.7. The number of nitrogens with zero attached hydrogens (tertiary/aromatic N) is 5. The van der Waals surface area contributed by atoms with Crippen molar-refractivity contribution in [1.29, 1.82) is 0 Å². The summed E-state index contributed by atoms with van der Waals surface area (Å²) in [6.45, 7) is 7.42. The maximum Gasteiger partial charge on any atom is 0.227 e. The average Bonchev–Trinajstić information content (AvgIpc) is 3.26. The van der Waals surface area contributed by atoms with Crippen LogP contribution in [0.4, 0.5) is 17.5 Å². The molecule has 4 aromatic rings. The van der Waals surface area contributed by atoms with Crippen LogP contribution in [0.25, 0.3) is 11.2 Å². The Morgan fingerprint density at radius 1 is 0.939 bits per heavy atom. The number of rotatable bonds is 7. The van der Waals surface area contributed by atoms with E-state index in [-0.39, 0.29) is 6.04 Å². The number of hydrogen-bond donors (Lipinski definition) is 2. The molecule has 1 saturated heterocycles. The molecule has 0 saturated carbocycles. The molecule has 1 aliphatic heterocycles. The summed E-state index contributed by atoms with van der Waals surface area (Å²) < 4.78 is 2.10. The zero-order valence-corrected chi connectivity index (χ0v) is 19.3. The van der Waals surface area contributed by atoms with Crippen LogP contribution in [-0.4, -0.2) is 43.6 Å². The fourth-order valence-electron chi connectivity index (χ4n) is 4.36. The first-order chi connectivity index (χ1) is 16.2. The zero-order valence-electron chi connectivity index (χ0n) is 19.3. The first-order valence-electron chi connectivity index (χ1n) is 11.7. The monoisotopic (exact) mass is 441 g/mol.